The van der Waals surface area contributed by atoms with Crippen LogP contribution in [0.3, 0.4) is 0 Å². The summed E-state index contributed by atoms with van der Waals surface area (Å²) in [4.78, 5) is 16.3. The summed E-state index contributed by atoms with van der Waals surface area (Å²) in [7, 11) is 0. The molecule has 0 bridgehead atoms. The number of nitrogens with one attached hydrogen (secondary N) is 1. The van der Waals surface area contributed by atoms with Crippen LogP contribution in [-0.2, 0) is 4.79 Å². The zero-order valence-electron chi connectivity index (χ0n) is 10.8. The fourth-order valence-corrected chi connectivity index (χ4v) is 2.29. The van der Waals surface area contributed by atoms with Gasteiger partial charge in [0.05, 0.1) is 0 Å². The lowest BCUT2D eigenvalue weighted by atomic mass is 10.2. The third kappa shape index (κ3) is 3.15. The minimum absolute atomic E-state index is 0.236. The van der Waals surface area contributed by atoms with Gasteiger partial charge in [-0.2, -0.15) is 0 Å². The van der Waals surface area contributed by atoms with Crippen molar-refractivity contribution < 1.29 is 4.79 Å². The van der Waals surface area contributed by atoms with E-state index in [2.05, 4.69) is 10.3 Å². The van der Waals surface area contributed by atoms with Crippen LogP contribution in [0, 0.1) is 0 Å². The molecule has 1 N–H and O–H groups in total. The third-order valence-electron chi connectivity index (χ3n) is 2.97. The molecule has 2 aromatic carbocycles. The summed E-state index contributed by atoms with van der Waals surface area (Å²) in [6, 6.07) is 14.4. The smallest absolute Gasteiger partial charge is 0.275 e. The predicted octanol–water partition coefficient (Wildman–Crippen LogP) is 3.91. The highest BCUT2D eigenvalue weighted by atomic mass is 35.5. The molecular weight excluding hydrogens is 307 g/mol. The number of hydrogen-bond acceptors (Lipinski definition) is 2. The average Bonchev–Trinajstić information content (AvgIpc) is 2.81. The fraction of sp³-hybridized carbons (Fsp3) is 0. The zero-order chi connectivity index (χ0) is 14.8. The van der Waals surface area contributed by atoms with Crippen molar-refractivity contribution in [1.29, 1.82) is 0 Å². The van der Waals surface area contributed by atoms with Gasteiger partial charge in [-0.05, 0) is 48.0 Å². The van der Waals surface area contributed by atoms with Crippen molar-refractivity contribution in [3.63, 3.8) is 0 Å². The third-order valence-corrected chi connectivity index (χ3v) is 3.45. The zero-order valence-corrected chi connectivity index (χ0v) is 12.3. The molecule has 104 valence electrons. The van der Waals surface area contributed by atoms with Crippen LogP contribution in [0.2, 0.25) is 10.0 Å². The van der Waals surface area contributed by atoms with E-state index in [1.54, 1.807) is 30.3 Å². The lowest BCUT2D eigenvalue weighted by Gasteiger charge is -1.99. The first-order chi connectivity index (χ1) is 10.1. The summed E-state index contributed by atoms with van der Waals surface area (Å²) >= 11 is 11.8. The second kappa shape index (κ2) is 5.72. The summed E-state index contributed by atoms with van der Waals surface area (Å²) in [5.41, 5.74) is 1.98. The molecule has 3 rings (SSSR count). The van der Waals surface area contributed by atoms with Gasteiger partial charge in [-0.1, -0.05) is 35.3 Å². The van der Waals surface area contributed by atoms with Gasteiger partial charge in [-0.15, -0.1) is 0 Å². The Morgan fingerprint density at radius 2 is 1.76 bits per heavy atom. The molecule has 21 heavy (non-hydrogen) atoms. The van der Waals surface area contributed by atoms with E-state index in [-0.39, 0.29) is 5.91 Å². The van der Waals surface area contributed by atoms with Crippen LogP contribution in [0.15, 0.2) is 59.2 Å². The van der Waals surface area contributed by atoms with E-state index >= 15 is 0 Å². The lowest BCUT2D eigenvalue weighted by molar-refractivity contribution is -0.115. The quantitative estimate of drug-likeness (QED) is 0.838. The van der Waals surface area contributed by atoms with E-state index in [1.165, 1.54) is 0 Å². The Labute approximate surface area is 131 Å². The van der Waals surface area contributed by atoms with Crippen LogP contribution in [0.4, 0.5) is 0 Å². The number of carbonyl (C=O) groups excluding carboxylic acids is 1. The highest BCUT2D eigenvalue weighted by Gasteiger charge is 2.20. The molecule has 1 amide bonds. The van der Waals surface area contributed by atoms with Gasteiger partial charge in [-0.3, -0.25) is 4.79 Å². The van der Waals surface area contributed by atoms with Crippen LogP contribution in [-0.4, -0.2) is 11.7 Å². The van der Waals surface area contributed by atoms with Gasteiger partial charge >= 0.3 is 0 Å². The minimum atomic E-state index is -0.236. The van der Waals surface area contributed by atoms with E-state index in [4.69, 9.17) is 23.2 Å². The summed E-state index contributed by atoms with van der Waals surface area (Å²) in [6.45, 7) is 0. The first-order valence-electron chi connectivity index (χ1n) is 6.25. The largest absolute Gasteiger partial charge is 0.305 e. The molecule has 1 aliphatic heterocycles. The van der Waals surface area contributed by atoms with E-state index in [0.29, 0.717) is 21.6 Å². The average molecular weight is 317 g/mol. The number of amidine groups is 1. The molecule has 0 unspecified atom stereocenters. The summed E-state index contributed by atoms with van der Waals surface area (Å²) in [6.07, 6.45) is 1.70. The van der Waals surface area contributed by atoms with Crippen molar-refractivity contribution in [3.8, 4) is 0 Å². The Balaban J connectivity index is 1.93. The molecule has 0 fully saturated rings. The number of amides is 1. The number of aliphatic imine (C=N–C) groups is 1. The van der Waals surface area contributed by atoms with E-state index < -0.39 is 0 Å². The maximum absolute atomic E-state index is 12.0. The predicted molar refractivity (Wildman–Crippen MR) is 85.6 cm³/mol. The molecule has 1 heterocycles. The Hall–Kier alpha value is -2.10. The van der Waals surface area contributed by atoms with Gasteiger partial charge in [0.1, 0.15) is 11.5 Å². The molecule has 5 heteroatoms. The maximum Gasteiger partial charge on any atom is 0.275 e. The van der Waals surface area contributed by atoms with Crippen LogP contribution < -0.4 is 5.32 Å². The van der Waals surface area contributed by atoms with Crippen molar-refractivity contribution in [2.24, 2.45) is 4.99 Å². The minimum Gasteiger partial charge on any atom is -0.305 e. The number of benzene rings is 2. The number of halogens is 2. The highest BCUT2D eigenvalue weighted by molar-refractivity contribution is 6.31. The second-order valence-corrected chi connectivity index (χ2v) is 5.38. The van der Waals surface area contributed by atoms with Crippen molar-refractivity contribution in [2.45, 2.75) is 0 Å². The SMILES string of the molecule is O=C1NC(c2ccc(Cl)cc2)=N/C1=C/c1cccc(Cl)c1. The van der Waals surface area contributed by atoms with Crippen LogP contribution in [0.1, 0.15) is 11.1 Å². The molecular formula is C16H10Cl2N2O. The van der Waals surface area contributed by atoms with Gasteiger partial charge in [0.2, 0.25) is 0 Å². The standard InChI is InChI=1S/C16H10Cl2N2O/c17-12-6-4-11(5-7-12)15-19-14(16(21)20-15)9-10-2-1-3-13(18)8-10/h1-9H,(H,19,20,21)/b14-9+. The van der Waals surface area contributed by atoms with Gasteiger partial charge in [0.15, 0.2) is 0 Å². The molecule has 0 saturated heterocycles. The Bertz CT molecular complexity index is 764. The second-order valence-electron chi connectivity index (χ2n) is 4.51. The number of nitrogens with zero attached hydrogens (tertiary/aromatic N) is 1. The van der Waals surface area contributed by atoms with Gasteiger partial charge in [-0.25, -0.2) is 4.99 Å². The lowest BCUT2D eigenvalue weighted by Crippen LogP contribution is -2.24. The molecule has 0 spiro atoms. The molecule has 1 aliphatic rings. The van der Waals surface area contributed by atoms with Crippen LogP contribution in [0.25, 0.3) is 6.08 Å². The van der Waals surface area contributed by atoms with Crippen molar-refractivity contribution in [2.75, 3.05) is 0 Å². The number of hydrogen-bond donors (Lipinski definition) is 1. The Morgan fingerprint density at radius 3 is 2.48 bits per heavy atom. The van der Waals surface area contributed by atoms with Gasteiger partial charge < -0.3 is 5.32 Å². The molecule has 3 nitrogen and oxygen atoms in total. The topological polar surface area (TPSA) is 41.5 Å². The van der Waals surface area contributed by atoms with Crippen LogP contribution in [0.5, 0.6) is 0 Å². The number of carbonyl (C=O) groups is 1. The van der Waals surface area contributed by atoms with Crippen molar-refractivity contribution in [1.82, 2.24) is 5.32 Å². The summed E-state index contributed by atoms with van der Waals surface area (Å²) < 4.78 is 0. The monoisotopic (exact) mass is 316 g/mol. The Morgan fingerprint density at radius 1 is 1.00 bits per heavy atom. The highest BCUT2D eigenvalue weighted by Crippen LogP contribution is 2.18. The molecule has 0 aliphatic carbocycles. The summed E-state index contributed by atoms with van der Waals surface area (Å²) in [5.74, 6) is 0.282. The molecule has 0 saturated carbocycles. The fourth-order valence-electron chi connectivity index (χ4n) is 1.97. The van der Waals surface area contributed by atoms with E-state index in [1.807, 2.05) is 24.3 Å². The maximum atomic E-state index is 12.0. The summed E-state index contributed by atoms with van der Waals surface area (Å²) in [5, 5.41) is 3.99. The first-order valence-corrected chi connectivity index (χ1v) is 7.01. The van der Waals surface area contributed by atoms with Gasteiger partial charge in [0.25, 0.3) is 5.91 Å². The molecule has 2 aromatic rings. The molecule has 0 radical (unpaired) electrons. The van der Waals surface area contributed by atoms with Crippen molar-refractivity contribution in [3.05, 3.63) is 75.4 Å². The Kier molecular flexibility index (Phi) is 3.78. The normalized spacial score (nSPS) is 16.0. The number of rotatable bonds is 2. The van der Waals surface area contributed by atoms with Crippen molar-refractivity contribution >= 4 is 41.0 Å². The van der Waals surface area contributed by atoms with Gasteiger partial charge in [0, 0.05) is 15.6 Å². The molecule has 0 aromatic heterocycles. The van der Waals surface area contributed by atoms with E-state index in [9.17, 15) is 4.79 Å². The molecule has 0 atom stereocenters. The van der Waals surface area contributed by atoms with Crippen LogP contribution >= 0.6 is 23.2 Å². The first kappa shape index (κ1) is 13.9. The van der Waals surface area contributed by atoms with E-state index in [0.717, 1.165) is 11.1 Å².